The summed E-state index contributed by atoms with van der Waals surface area (Å²) >= 11 is 7.92. The number of hydrogen-bond acceptors (Lipinski definition) is 7. The van der Waals surface area contributed by atoms with Crippen LogP contribution in [-0.2, 0) is 6.61 Å². The number of thiophene rings is 1. The van der Waals surface area contributed by atoms with Gasteiger partial charge in [0.05, 0.1) is 17.0 Å². The van der Waals surface area contributed by atoms with Crippen molar-refractivity contribution in [1.82, 2.24) is 9.97 Å². The molecule has 0 unspecified atom stereocenters. The molecule has 0 aliphatic carbocycles. The summed E-state index contributed by atoms with van der Waals surface area (Å²) in [4.78, 5) is 9.60. The molecule has 9 heteroatoms. The summed E-state index contributed by atoms with van der Waals surface area (Å²) in [5, 5.41) is 24.7. The summed E-state index contributed by atoms with van der Waals surface area (Å²) in [5.41, 5.74) is 2.07. The normalized spacial score (nSPS) is 12.2. The third kappa shape index (κ3) is 4.53. The van der Waals surface area contributed by atoms with Gasteiger partial charge in [-0.1, -0.05) is 35.9 Å². The highest BCUT2D eigenvalue weighted by atomic mass is 35.5. The second-order valence-corrected chi connectivity index (χ2v) is 9.09. The van der Waals surface area contributed by atoms with Gasteiger partial charge in [0.25, 0.3) is 0 Å². The van der Waals surface area contributed by atoms with Crippen LogP contribution in [0.15, 0.2) is 67.0 Å². The average molecular weight is 496 g/mol. The monoisotopic (exact) mass is 495 g/mol. The first kappa shape index (κ1) is 22.5. The standard InChI is InChI=1S/C25H19ClFN3O3S/c26-19-10-17(5-7-21(19)33-12-14-2-1-3-16(27)8-14)30-24-23-18-6-4-15(20(32)11-31)9-22(18)34-25(23)29-13-28-24/h1-10,13,20,31-32H,11-12H2,(H,28,29,30)/t20-/m0/s1. The number of rotatable bonds is 7. The summed E-state index contributed by atoms with van der Waals surface area (Å²) in [6.07, 6.45) is 0.559. The van der Waals surface area contributed by atoms with Gasteiger partial charge >= 0.3 is 0 Å². The molecule has 0 fully saturated rings. The Morgan fingerprint density at radius 3 is 2.76 bits per heavy atom. The third-order valence-corrected chi connectivity index (χ3v) is 6.69. The lowest BCUT2D eigenvalue weighted by Crippen LogP contribution is -2.01. The highest BCUT2D eigenvalue weighted by Gasteiger charge is 2.15. The first-order chi connectivity index (χ1) is 16.5. The molecule has 172 valence electrons. The Morgan fingerprint density at radius 2 is 1.97 bits per heavy atom. The highest BCUT2D eigenvalue weighted by Crippen LogP contribution is 2.38. The van der Waals surface area contributed by atoms with Crippen LogP contribution in [0.5, 0.6) is 5.75 Å². The lowest BCUT2D eigenvalue weighted by molar-refractivity contribution is 0.0957. The Balaban J connectivity index is 1.40. The maximum Gasteiger partial charge on any atom is 0.143 e. The topological polar surface area (TPSA) is 87.5 Å². The molecule has 0 spiro atoms. The smallest absolute Gasteiger partial charge is 0.143 e. The molecule has 5 rings (SSSR count). The zero-order valence-electron chi connectivity index (χ0n) is 17.7. The van der Waals surface area contributed by atoms with E-state index in [1.165, 1.54) is 29.8 Å². The van der Waals surface area contributed by atoms with Gasteiger partial charge in [-0.3, -0.25) is 0 Å². The highest BCUT2D eigenvalue weighted by molar-refractivity contribution is 7.25. The van der Waals surface area contributed by atoms with Gasteiger partial charge in [-0.15, -0.1) is 11.3 Å². The lowest BCUT2D eigenvalue weighted by atomic mass is 10.1. The quantitative estimate of drug-likeness (QED) is 0.257. The fourth-order valence-electron chi connectivity index (χ4n) is 3.65. The molecule has 2 heterocycles. The maximum absolute atomic E-state index is 13.4. The van der Waals surface area contributed by atoms with E-state index >= 15 is 0 Å². The van der Waals surface area contributed by atoms with E-state index in [0.717, 1.165) is 26.0 Å². The number of anilines is 2. The summed E-state index contributed by atoms with van der Waals surface area (Å²) < 4.78 is 20.1. The number of fused-ring (bicyclic) bond motifs is 3. The summed E-state index contributed by atoms with van der Waals surface area (Å²) in [6, 6.07) is 17.1. The van der Waals surface area contributed by atoms with Crippen LogP contribution >= 0.6 is 22.9 Å². The van der Waals surface area contributed by atoms with Crippen LogP contribution in [0.25, 0.3) is 20.3 Å². The molecule has 0 saturated carbocycles. The van der Waals surface area contributed by atoms with Gasteiger partial charge in [-0.05, 0) is 47.5 Å². The molecule has 2 aromatic heterocycles. The summed E-state index contributed by atoms with van der Waals surface area (Å²) in [5.74, 6) is 0.793. The first-order valence-corrected chi connectivity index (χ1v) is 11.6. The van der Waals surface area contributed by atoms with Crippen LogP contribution in [-0.4, -0.2) is 26.8 Å². The third-order valence-electron chi connectivity index (χ3n) is 5.33. The Bertz CT molecular complexity index is 1490. The number of nitrogens with one attached hydrogen (secondary N) is 1. The number of benzene rings is 3. The van der Waals surface area contributed by atoms with E-state index in [-0.39, 0.29) is 19.0 Å². The molecule has 34 heavy (non-hydrogen) atoms. The van der Waals surface area contributed by atoms with Gasteiger partial charge in [0.1, 0.15) is 41.3 Å². The minimum absolute atomic E-state index is 0.199. The van der Waals surface area contributed by atoms with Gasteiger partial charge < -0.3 is 20.3 Å². The van der Waals surface area contributed by atoms with Gasteiger partial charge in [0.2, 0.25) is 0 Å². The SMILES string of the molecule is OC[C@H](O)c1ccc2c(c1)sc1ncnc(Nc3ccc(OCc4cccc(F)c4)c(Cl)c3)c12. The molecule has 0 saturated heterocycles. The van der Waals surface area contributed by atoms with Crippen molar-refractivity contribution in [3.8, 4) is 5.75 Å². The molecular weight excluding hydrogens is 477 g/mol. The number of nitrogens with zero attached hydrogens (tertiary/aromatic N) is 2. The van der Waals surface area contributed by atoms with Gasteiger partial charge in [0.15, 0.2) is 0 Å². The van der Waals surface area contributed by atoms with E-state index in [9.17, 15) is 14.6 Å². The molecule has 0 bridgehead atoms. The van der Waals surface area contributed by atoms with E-state index < -0.39 is 6.10 Å². The molecule has 0 aliphatic rings. The second-order valence-electron chi connectivity index (χ2n) is 7.65. The van der Waals surface area contributed by atoms with Gasteiger partial charge in [-0.2, -0.15) is 0 Å². The van der Waals surface area contributed by atoms with Crippen molar-refractivity contribution in [2.24, 2.45) is 0 Å². The molecule has 0 radical (unpaired) electrons. The molecule has 1 atom stereocenters. The average Bonchev–Trinajstić information content (AvgIpc) is 3.22. The zero-order chi connectivity index (χ0) is 23.7. The Kier molecular flexibility index (Phi) is 6.30. The lowest BCUT2D eigenvalue weighted by Gasteiger charge is -2.11. The largest absolute Gasteiger partial charge is 0.487 e. The maximum atomic E-state index is 13.4. The van der Waals surface area contributed by atoms with Gasteiger partial charge in [0, 0.05) is 15.8 Å². The zero-order valence-corrected chi connectivity index (χ0v) is 19.3. The summed E-state index contributed by atoms with van der Waals surface area (Å²) in [6.45, 7) is -0.142. The van der Waals surface area contributed by atoms with Crippen molar-refractivity contribution < 1.29 is 19.3 Å². The molecule has 3 aromatic carbocycles. The number of ether oxygens (including phenoxy) is 1. The van der Waals surface area contributed by atoms with E-state index in [0.29, 0.717) is 27.7 Å². The first-order valence-electron chi connectivity index (χ1n) is 10.4. The van der Waals surface area contributed by atoms with Crippen molar-refractivity contribution in [3.05, 3.63) is 89.0 Å². The molecule has 0 amide bonds. The Labute approximate surface area is 203 Å². The summed E-state index contributed by atoms with van der Waals surface area (Å²) in [7, 11) is 0. The van der Waals surface area contributed by atoms with Crippen molar-refractivity contribution >= 4 is 54.7 Å². The number of halogens is 2. The Morgan fingerprint density at radius 1 is 1.09 bits per heavy atom. The number of hydrogen-bond donors (Lipinski definition) is 3. The predicted molar refractivity (Wildman–Crippen MR) is 132 cm³/mol. The van der Waals surface area contributed by atoms with E-state index in [4.69, 9.17) is 16.3 Å². The Hall–Kier alpha value is -3.30. The predicted octanol–water partition coefficient (Wildman–Crippen LogP) is 5.99. The van der Waals surface area contributed by atoms with Crippen LogP contribution in [0.3, 0.4) is 0 Å². The van der Waals surface area contributed by atoms with Crippen LogP contribution in [0.2, 0.25) is 5.02 Å². The van der Waals surface area contributed by atoms with Gasteiger partial charge in [-0.25, -0.2) is 14.4 Å². The van der Waals surface area contributed by atoms with Crippen LogP contribution in [0.1, 0.15) is 17.2 Å². The van der Waals surface area contributed by atoms with Crippen molar-refractivity contribution in [1.29, 1.82) is 0 Å². The molecule has 0 aliphatic heterocycles. The molecular formula is C25H19ClFN3O3S. The second kappa shape index (κ2) is 9.52. The minimum Gasteiger partial charge on any atom is -0.487 e. The van der Waals surface area contributed by atoms with E-state index in [1.807, 2.05) is 18.2 Å². The van der Waals surface area contributed by atoms with Crippen molar-refractivity contribution in [2.75, 3.05) is 11.9 Å². The fourth-order valence-corrected chi connectivity index (χ4v) is 4.98. The van der Waals surface area contributed by atoms with Crippen LogP contribution in [0.4, 0.5) is 15.9 Å². The minimum atomic E-state index is -0.929. The van der Waals surface area contributed by atoms with Crippen LogP contribution < -0.4 is 10.1 Å². The number of aliphatic hydroxyl groups is 2. The van der Waals surface area contributed by atoms with Crippen molar-refractivity contribution in [3.63, 3.8) is 0 Å². The fraction of sp³-hybridized carbons (Fsp3) is 0.120. The number of aromatic nitrogens is 2. The van der Waals surface area contributed by atoms with Crippen LogP contribution in [0, 0.1) is 5.82 Å². The molecule has 6 nitrogen and oxygen atoms in total. The van der Waals surface area contributed by atoms with E-state index in [1.54, 1.807) is 30.3 Å². The number of aliphatic hydroxyl groups excluding tert-OH is 2. The molecule has 5 aromatic rings. The van der Waals surface area contributed by atoms with E-state index in [2.05, 4.69) is 15.3 Å². The molecule has 3 N–H and O–H groups in total. The van der Waals surface area contributed by atoms with Crippen molar-refractivity contribution in [2.45, 2.75) is 12.7 Å².